The van der Waals surface area contributed by atoms with Crippen LogP contribution in [0.1, 0.15) is 0 Å². The van der Waals surface area contributed by atoms with Crippen molar-refractivity contribution in [2.45, 2.75) is 12.2 Å². The van der Waals surface area contributed by atoms with E-state index < -0.39 is 12.0 Å². The molecule has 2 aliphatic heterocycles. The highest BCUT2D eigenvalue weighted by molar-refractivity contribution is 7.99. The number of thioether (sulfide) groups is 1. The Bertz CT molecular complexity index is 446. The van der Waals surface area contributed by atoms with Crippen LogP contribution in [0.4, 0.5) is 5.69 Å². The van der Waals surface area contributed by atoms with Crippen LogP contribution in [-0.4, -0.2) is 35.8 Å². The molecule has 0 saturated carbocycles. The standard InChI is InChI=1S/C10H10BNO4S/c13-12(14)8-3-1-2-7(4-8)11-15-9-5-17-6-10(9)16-11/h1-4,9-10H,5-6H2/t9-,10+. The van der Waals surface area contributed by atoms with Gasteiger partial charge in [-0.05, 0) is 5.46 Å². The molecule has 2 saturated heterocycles. The topological polar surface area (TPSA) is 61.6 Å². The lowest BCUT2D eigenvalue weighted by atomic mass is 9.79. The second-order valence-electron chi connectivity index (χ2n) is 4.07. The number of hydrogen-bond donors (Lipinski definition) is 0. The number of nitro groups is 1. The first-order valence-electron chi connectivity index (χ1n) is 5.37. The Morgan fingerprint density at radius 1 is 1.35 bits per heavy atom. The smallest absolute Gasteiger partial charge is 0.401 e. The highest BCUT2D eigenvalue weighted by Gasteiger charge is 2.43. The van der Waals surface area contributed by atoms with Crippen LogP contribution in [0.15, 0.2) is 24.3 Å². The molecule has 0 unspecified atom stereocenters. The maximum absolute atomic E-state index is 10.7. The summed E-state index contributed by atoms with van der Waals surface area (Å²) in [6.45, 7) is 0. The summed E-state index contributed by atoms with van der Waals surface area (Å²) in [6.07, 6.45) is 0.258. The fourth-order valence-corrected chi connectivity index (χ4v) is 3.25. The quantitative estimate of drug-likeness (QED) is 0.442. The second kappa shape index (κ2) is 4.32. The molecule has 0 radical (unpaired) electrons. The van der Waals surface area contributed by atoms with Gasteiger partial charge in [-0.2, -0.15) is 11.8 Å². The van der Waals surface area contributed by atoms with Gasteiger partial charge in [0.25, 0.3) is 5.69 Å². The molecule has 7 heteroatoms. The van der Waals surface area contributed by atoms with E-state index in [0.717, 1.165) is 17.0 Å². The normalized spacial score (nSPS) is 27.2. The van der Waals surface area contributed by atoms with Crippen LogP contribution in [0, 0.1) is 10.1 Å². The molecular weight excluding hydrogens is 241 g/mol. The maximum Gasteiger partial charge on any atom is 0.494 e. The van der Waals surface area contributed by atoms with Crippen LogP contribution in [0.3, 0.4) is 0 Å². The number of nitro benzene ring substituents is 1. The Kier molecular flexibility index (Phi) is 2.81. The minimum Gasteiger partial charge on any atom is -0.401 e. The van der Waals surface area contributed by atoms with E-state index in [2.05, 4.69) is 0 Å². The maximum atomic E-state index is 10.7. The van der Waals surface area contributed by atoms with Gasteiger partial charge in [-0.15, -0.1) is 0 Å². The average molecular weight is 251 g/mol. The number of fused-ring (bicyclic) bond motifs is 1. The van der Waals surface area contributed by atoms with E-state index >= 15 is 0 Å². The van der Waals surface area contributed by atoms with Crippen molar-refractivity contribution in [2.24, 2.45) is 0 Å². The number of hydrogen-bond acceptors (Lipinski definition) is 5. The van der Waals surface area contributed by atoms with Gasteiger partial charge in [0.2, 0.25) is 0 Å². The largest absolute Gasteiger partial charge is 0.494 e. The molecule has 0 aliphatic carbocycles. The molecule has 17 heavy (non-hydrogen) atoms. The molecule has 0 bridgehead atoms. The summed E-state index contributed by atoms with van der Waals surface area (Å²) >= 11 is 1.81. The van der Waals surface area contributed by atoms with Gasteiger partial charge >= 0.3 is 7.12 Å². The van der Waals surface area contributed by atoms with Crippen LogP contribution < -0.4 is 5.46 Å². The zero-order chi connectivity index (χ0) is 11.8. The molecule has 2 aliphatic rings. The highest BCUT2D eigenvalue weighted by Crippen LogP contribution is 2.29. The molecule has 3 rings (SSSR count). The monoisotopic (exact) mass is 251 g/mol. The lowest BCUT2D eigenvalue weighted by molar-refractivity contribution is -0.384. The van der Waals surface area contributed by atoms with E-state index in [1.807, 2.05) is 11.8 Å². The predicted molar refractivity (Wildman–Crippen MR) is 65.6 cm³/mol. The number of benzene rings is 1. The molecule has 1 aromatic carbocycles. The SMILES string of the molecule is O=[N+]([O-])c1cccc(B2O[C@H]3CSC[C@H]3O2)c1. The molecule has 88 valence electrons. The number of rotatable bonds is 2. The van der Waals surface area contributed by atoms with Crippen molar-refractivity contribution in [2.75, 3.05) is 11.5 Å². The van der Waals surface area contributed by atoms with Crippen molar-refractivity contribution in [3.05, 3.63) is 34.4 Å². The molecule has 0 aromatic heterocycles. The first-order chi connectivity index (χ1) is 8.24. The highest BCUT2D eigenvalue weighted by atomic mass is 32.2. The van der Waals surface area contributed by atoms with Gasteiger partial charge in [0, 0.05) is 23.6 Å². The van der Waals surface area contributed by atoms with Crippen molar-refractivity contribution in [3.63, 3.8) is 0 Å². The van der Waals surface area contributed by atoms with E-state index in [1.165, 1.54) is 12.1 Å². The van der Waals surface area contributed by atoms with Crippen LogP contribution in [0.2, 0.25) is 0 Å². The van der Waals surface area contributed by atoms with E-state index in [1.54, 1.807) is 12.1 Å². The second-order valence-corrected chi connectivity index (χ2v) is 5.15. The molecule has 1 aromatic rings. The summed E-state index contributed by atoms with van der Waals surface area (Å²) in [6, 6.07) is 6.43. The Hall–Kier alpha value is -1.05. The predicted octanol–water partition coefficient (Wildman–Crippen LogP) is 0.821. The molecular formula is C10H10BNO4S. The first kappa shape index (κ1) is 11.1. The third-order valence-electron chi connectivity index (χ3n) is 2.93. The summed E-state index contributed by atoms with van der Waals surface area (Å²) < 4.78 is 11.5. The molecule has 2 heterocycles. The van der Waals surface area contributed by atoms with E-state index in [-0.39, 0.29) is 17.9 Å². The molecule has 5 nitrogen and oxygen atoms in total. The van der Waals surface area contributed by atoms with Crippen molar-refractivity contribution in [1.82, 2.24) is 0 Å². The first-order valence-corrected chi connectivity index (χ1v) is 6.52. The van der Waals surface area contributed by atoms with Gasteiger partial charge in [-0.1, -0.05) is 12.1 Å². The zero-order valence-corrected chi connectivity index (χ0v) is 9.76. The summed E-state index contributed by atoms with van der Waals surface area (Å²) in [5.74, 6) is 1.88. The van der Waals surface area contributed by atoms with Crippen LogP contribution in [-0.2, 0) is 9.31 Å². The van der Waals surface area contributed by atoms with Gasteiger partial charge in [0.05, 0.1) is 17.1 Å². The van der Waals surface area contributed by atoms with E-state index in [4.69, 9.17) is 9.31 Å². The summed E-state index contributed by atoms with van der Waals surface area (Å²) in [4.78, 5) is 10.3. The Balaban J connectivity index is 1.81. The Labute approximate surface area is 103 Å². The lowest BCUT2D eigenvalue weighted by Gasteiger charge is -2.06. The van der Waals surface area contributed by atoms with Gasteiger partial charge in [-0.3, -0.25) is 10.1 Å². The Morgan fingerprint density at radius 2 is 2.06 bits per heavy atom. The fraction of sp³-hybridized carbons (Fsp3) is 0.400. The fourth-order valence-electron chi connectivity index (χ4n) is 2.06. The summed E-state index contributed by atoms with van der Waals surface area (Å²) in [5.41, 5.74) is 0.791. The third-order valence-corrected chi connectivity index (χ3v) is 4.06. The third kappa shape index (κ3) is 2.05. The molecule has 0 amide bonds. The number of non-ortho nitro benzene ring substituents is 1. The molecule has 0 N–H and O–H groups in total. The van der Waals surface area contributed by atoms with Crippen LogP contribution in [0.25, 0.3) is 0 Å². The van der Waals surface area contributed by atoms with Crippen molar-refractivity contribution in [1.29, 1.82) is 0 Å². The van der Waals surface area contributed by atoms with E-state index in [0.29, 0.717) is 0 Å². The van der Waals surface area contributed by atoms with Gasteiger partial charge in [-0.25, -0.2) is 0 Å². The minimum atomic E-state index is -0.453. The average Bonchev–Trinajstić information content (AvgIpc) is 2.89. The zero-order valence-electron chi connectivity index (χ0n) is 8.94. The lowest BCUT2D eigenvalue weighted by Crippen LogP contribution is -2.33. The van der Waals surface area contributed by atoms with Crippen molar-refractivity contribution < 1.29 is 14.2 Å². The van der Waals surface area contributed by atoms with Crippen molar-refractivity contribution >= 4 is 30.0 Å². The van der Waals surface area contributed by atoms with Gasteiger partial charge in [0.15, 0.2) is 0 Å². The van der Waals surface area contributed by atoms with Crippen LogP contribution in [0.5, 0.6) is 0 Å². The molecule has 0 spiro atoms. The van der Waals surface area contributed by atoms with Crippen LogP contribution >= 0.6 is 11.8 Å². The molecule has 2 fully saturated rings. The Morgan fingerprint density at radius 3 is 2.71 bits per heavy atom. The van der Waals surface area contributed by atoms with Gasteiger partial charge < -0.3 is 9.31 Å². The van der Waals surface area contributed by atoms with Crippen molar-refractivity contribution in [3.8, 4) is 0 Å². The summed E-state index contributed by atoms with van der Waals surface area (Å²) in [7, 11) is -0.453. The minimum absolute atomic E-state index is 0.0705. The van der Waals surface area contributed by atoms with Gasteiger partial charge in [0.1, 0.15) is 0 Å². The van der Waals surface area contributed by atoms with E-state index in [9.17, 15) is 10.1 Å². The number of nitrogens with zero attached hydrogens (tertiary/aromatic N) is 1. The summed E-state index contributed by atoms with van der Waals surface area (Å²) in [5, 5.41) is 10.7. The molecule has 2 atom stereocenters.